The van der Waals surface area contributed by atoms with Crippen molar-refractivity contribution in [3.63, 3.8) is 0 Å². The van der Waals surface area contributed by atoms with E-state index in [0.717, 1.165) is 24.9 Å². The maximum absolute atomic E-state index is 13.3. The lowest BCUT2D eigenvalue weighted by Gasteiger charge is -2.20. The second-order valence-corrected chi connectivity index (χ2v) is 8.48. The van der Waals surface area contributed by atoms with Gasteiger partial charge in [0.25, 0.3) is 5.91 Å². The number of likely N-dealkylation sites (N-methyl/N-ethyl adjacent to an activating group) is 1. The zero-order valence-electron chi connectivity index (χ0n) is 17.5. The van der Waals surface area contributed by atoms with Gasteiger partial charge in [0.2, 0.25) is 0 Å². The molecule has 0 amide bonds. The molecule has 3 aromatic rings. The van der Waals surface area contributed by atoms with Crippen LogP contribution in [0.1, 0.15) is 46.9 Å². The highest BCUT2D eigenvalue weighted by molar-refractivity contribution is 6.03. The van der Waals surface area contributed by atoms with Crippen molar-refractivity contribution in [2.45, 2.75) is 37.8 Å². The minimum Gasteiger partial charge on any atom is -0.369 e. The number of ether oxygens (including phenoxy) is 1. The zero-order valence-corrected chi connectivity index (χ0v) is 17.5. The summed E-state index contributed by atoms with van der Waals surface area (Å²) in [6, 6.07) is 16.5. The molecule has 2 aliphatic heterocycles. The second-order valence-electron chi connectivity index (χ2n) is 8.48. The van der Waals surface area contributed by atoms with Gasteiger partial charge in [0.05, 0.1) is 18.2 Å². The molecule has 4 nitrogen and oxygen atoms in total. The third-order valence-electron chi connectivity index (χ3n) is 6.56. The number of hydrogen-bond acceptors (Lipinski definition) is 3. The van der Waals surface area contributed by atoms with Gasteiger partial charge >= 0.3 is 0 Å². The normalized spacial score (nSPS) is 22.0. The van der Waals surface area contributed by atoms with Crippen LogP contribution in [0.4, 0.5) is 0 Å². The first kappa shape index (κ1) is 19.3. The second kappa shape index (κ2) is 8.21. The molecule has 1 saturated heterocycles. The first-order chi connectivity index (χ1) is 14.7. The Balaban J connectivity index is 1.58. The summed E-state index contributed by atoms with van der Waals surface area (Å²) in [6.45, 7) is 1.82. The van der Waals surface area contributed by atoms with Crippen LogP contribution >= 0.6 is 0 Å². The topological polar surface area (TPSA) is 34.5 Å². The van der Waals surface area contributed by atoms with Crippen molar-refractivity contribution >= 4 is 16.8 Å². The molecule has 2 atom stereocenters. The Morgan fingerprint density at radius 3 is 2.73 bits per heavy atom. The predicted molar refractivity (Wildman–Crippen MR) is 120 cm³/mol. The minimum absolute atomic E-state index is 0.0243. The average Bonchev–Trinajstić information content (AvgIpc) is 3.37. The number of hydrogen-bond donors (Lipinski definition) is 0. The van der Waals surface area contributed by atoms with Gasteiger partial charge in [0.1, 0.15) is 0 Å². The lowest BCUT2D eigenvalue weighted by atomic mass is 9.99. The number of benzene rings is 2. The van der Waals surface area contributed by atoms with E-state index in [-0.39, 0.29) is 12.0 Å². The summed E-state index contributed by atoms with van der Waals surface area (Å²) in [6.07, 6.45) is 10.8. The fraction of sp³-hybridized carbons (Fsp3) is 0.346. The lowest BCUT2D eigenvalue weighted by molar-refractivity contribution is 0.0678. The van der Waals surface area contributed by atoms with Gasteiger partial charge in [0.15, 0.2) is 0 Å². The van der Waals surface area contributed by atoms with E-state index >= 15 is 0 Å². The van der Waals surface area contributed by atoms with E-state index in [1.807, 2.05) is 34.9 Å². The smallest absolute Gasteiger partial charge is 0.262 e. The van der Waals surface area contributed by atoms with E-state index in [4.69, 9.17) is 4.74 Å². The molecular weight excluding hydrogens is 372 g/mol. The molecule has 0 radical (unpaired) electrons. The van der Waals surface area contributed by atoms with Gasteiger partial charge in [-0.3, -0.25) is 9.36 Å². The van der Waals surface area contributed by atoms with Gasteiger partial charge in [-0.25, -0.2) is 0 Å². The molecule has 0 aliphatic carbocycles. The van der Waals surface area contributed by atoms with Gasteiger partial charge in [-0.15, -0.1) is 0 Å². The number of nitrogens with zero attached hydrogens (tertiary/aromatic N) is 2. The molecule has 154 valence electrons. The predicted octanol–water partition coefficient (Wildman–Crippen LogP) is 4.98. The third kappa shape index (κ3) is 3.62. The minimum atomic E-state index is 0.0243. The molecule has 4 heteroatoms. The van der Waals surface area contributed by atoms with Gasteiger partial charge in [-0.05, 0) is 74.7 Å². The van der Waals surface area contributed by atoms with E-state index in [0.29, 0.717) is 18.2 Å². The summed E-state index contributed by atoms with van der Waals surface area (Å²) in [5.74, 6) is 0.0243. The van der Waals surface area contributed by atoms with Gasteiger partial charge in [-0.1, -0.05) is 36.4 Å². The first-order valence-corrected chi connectivity index (χ1v) is 10.9. The highest BCUT2D eigenvalue weighted by Crippen LogP contribution is 2.32. The Labute approximate surface area is 177 Å². The molecule has 3 heterocycles. The van der Waals surface area contributed by atoms with Crippen LogP contribution < -0.4 is 0 Å². The lowest BCUT2D eigenvalue weighted by Crippen LogP contribution is -2.26. The van der Waals surface area contributed by atoms with Crippen molar-refractivity contribution in [2.75, 3.05) is 20.2 Å². The number of rotatable bonds is 4. The van der Waals surface area contributed by atoms with Crippen LogP contribution in [0.15, 0.2) is 66.9 Å². The Bertz CT molecular complexity index is 1080. The summed E-state index contributed by atoms with van der Waals surface area (Å²) in [4.78, 5) is 15.7. The fourth-order valence-corrected chi connectivity index (χ4v) is 4.82. The molecule has 0 N–H and O–H groups in total. The molecule has 30 heavy (non-hydrogen) atoms. The summed E-state index contributed by atoms with van der Waals surface area (Å²) in [7, 11) is 2.21. The van der Waals surface area contributed by atoms with E-state index in [9.17, 15) is 4.79 Å². The van der Waals surface area contributed by atoms with Gasteiger partial charge in [-0.2, -0.15) is 0 Å². The largest absolute Gasteiger partial charge is 0.369 e. The molecule has 0 bridgehead atoms. The van der Waals surface area contributed by atoms with Gasteiger partial charge < -0.3 is 9.64 Å². The highest BCUT2D eigenvalue weighted by atomic mass is 16.5. The molecule has 0 saturated carbocycles. The summed E-state index contributed by atoms with van der Waals surface area (Å²) in [5, 5.41) is 1.18. The van der Waals surface area contributed by atoms with Crippen LogP contribution in [0.25, 0.3) is 10.9 Å². The summed E-state index contributed by atoms with van der Waals surface area (Å²) < 4.78 is 7.79. The van der Waals surface area contributed by atoms with Crippen molar-refractivity contribution in [3.8, 4) is 0 Å². The molecule has 1 fully saturated rings. The Morgan fingerprint density at radius 1 is 1.13 bits per heavy atom. The molecule has 2 aromatic carbocycles. The Kier molecular flexibility index (Phi) is 5.28. The first-order valence-electron chi connectivity index (χ1n) is 10.9. The summed E-state index contributed by atoms with van der Waals surface area (Å²) >= 11 is 0. The zero-order chi connectivity index (χ0) is 20.5. The van der Waals surface area contributed by atoms with Crippen LogP contribution in [0.3, 0.4) is 0 Å². The molecule has 5 rings (SSSR count). The number of fused-ring (bicyclic) bond motifs is 1. The van der Waals surface area contributed by atoms with Crippen LogP contribution in [-0.2, 0) is 11.2 Å². The molecule has 1 unspecified atom stereocenters. The van der Waals surface area contributed by atoms with Crippen LogP contribution in [-0.4, -0.2) is 41.6 Å². The van der Waals surface area contributed by atoms with E-state index in [2.05, 4.69) is 48.5 Å². The van der Waals surface area contributed by atoms with Crippen molar-refractivity contribution in [2.24, 2.45) is 0 Å². The molecular formula is C26H28N2O2. The number of likely N-dealkylation sites (tertiary alicyclic amines) is 1. The fourth-order valence-electron chi connectivity index (χ4n) is 4.82. The van der Waals surface area contributed by atoms with Crippen LogP contribution in [0.5, 0.6) is 0 Å². The molecule has 2 aliphatic rings. The monoisotopic (exact) mass is 400 g/mol. The highest BCUT2D eigenvalue weighted by Gasteiger charge is 2.24. The van der Waals surface area contributed by atoms with Crippen molar-refractivity contribution in [3.05, 3.63) is 83.6 Å². The molecule has 0 spiro atoms. The Hall–Kier alpha value is -2.69. The van der Waals surface area contributed by atoms with Crippen molar-refractivity contribution < 1.29 is 9.53 Å². The number of carbonyl (C=O) groups is 1. The van der Waals surface area contributed by atoms with Crippen LogP contribution in [0.2, 0.25) is 0 Å². The maximum Gasteiger partial charge on any atom is 0.262 e. The summed E-state index contributed by atoms with van der Waals surface area (Å²) in [5.41, 5.74) is 4.14. The quantitative estimate of drug-likeness (QED) is 0.579. The van der Waals surface area contributed by atoms with E-state index < -0.39 is 0 Å². The van der Waals surface area contributed by atoms with Crippen molar-refractivity contribution in [1.82, 2.24) is 9.47 Å². The van der Waals surface area contributed by atoms with E-state index in [1.54, 1.807) is 0 Å². The number of aromatic nitrogens is 1. The average molecular weight is 401 g/mol. The SMILES string of the molecule is CN1CCCC1Cc1cn(C(=O)c2ccccc2)c2ccc([C@H]3CC=CCO3)cc12. The van der Waals surface area contributed by atoms with E-state index in [1.165, 1.54) is 29.4 Å². The Morgan fingerprint density at radius 2 is 2.00 bits per heavy atom. The van der Waals surface area contributed by atoms with Crippen LogP contribution in [0, 0.1) is 0 Å². The van der Waals surface area contributed by atoms with Crippen molar-refractivity contribution in [1.29, 1.82) is 0 Å². The standard InChI is InChI=1S/C26H28N2O2/c1-27-14-7-10-22(27)16-21-18-28(26(29)19-8-3-2-4-9-19)24-13-12-20(17-23(21)24)25-11-5-6-15-30-25/h2-6,8-9,12-13,17-18,22,25H,7,10-11,14-16H2,1H3/t22?,25-/m1/s1. The maximum atomic E-state index is 13.3. The molecule has 1 aromatic heterocycles. The number of carbonyl (C=O) groups excluding carboxylic acids is 1. The third-order valence-corrected chi connectivity index (χ3v) is 6.56. The van der Waals surface area contributed by atoms with Gasteiger partial charge in [0, 0.05) is 23.2 Å².